The van der Waals surface area contributed by atoms with Crippen molar-refractivity contribution in [3.8, 4) is 0 Å². The lowest BCUT2D eigenvalue weighted by Gasteiger charge is -2.08. The predicted octanol–water partition coefficient (Wildman–Crippen LogP) is 2.49. The Hall–Kier alpha value is -3.02. The average molecular weight is 468 g/mol. The number of H-pyrrole nitrogens is 2. The number of aromatic amines is 2. The van der Waals surface area contributed by atoms with Crippen LogP contribution in [0, 0.1) is 5.41 Å². The van der Waals surface area contributed by atoms with E-state index in [1.54, 1.807) is 28.6 Å². The third-order valence-electron chi connectivity index (χ3n) is 4.99. The van der Waals surface area contributed by atoms with Gasteiger partial charge in [-0.25, -0.2) is 9.97 Å². The van der Waals surface area contributed by atoms with Crippen molar-refractivity contribution in [2.75, 3.05) is 19.3 Å². The molecular weight excluding hydrogens is 442 g/mol. The zero-order chi connectivity index (χ0) is 22.7. The number of nitrogen functional groups attached to an aromatic ring is 1. The summed E-state index contributed by atoms with van der Waals surface area (Å²) in [6.07, 6.45) is 0.514. The molecule has 9 N–H and O–H groups in total. The maximum atomic E-state index is 7.95. The molecule has 0 bridgehead atoms. The molecule has 32 heavy (non-hydrogen) atoms. The number of nitrogens with two attached hydrogens (primary N) is 3. The number of aliphatic imine (C=N–C) groups is 1. The number of nitrogens with zero attached hydrogens (tertiary/aromatic N) is 3. The molecule has 0 saturated carbocycles. The first-order valence-corrected chi connectivity index (χ1v) is 12.5. The van der Waals surface area contributed by atoms with Crippen LogP contribution in [-0.2, 0) is 12.2 Å². The third-order valence-corrected chi connectivity index (χ3v) is 7.32. The van der Waals surface area contributed by atoms with E-state index in [0.29, 0.717) is 30.1 Å². The second kappa shape index (κ2) is 9.63. The zero-order valence-electron chi connectivity index (χ0n) is 17.6. The van der Waals surface area contributed by atoms with Gasteiger partial charge in [-0.05, 0) is 30.3 Å². The highest BCUT2D eigenvalue weighted by Gasteiger charge is 2.15. The van der Waals surface area contributed by atoms with Crippen LogP contribution in [0.1, 0.15) is 28.3 Å². The molecule has 0 radical (unpaired) electrons. The molecule has 0 aliphatic heterocycles. The molecule has 0 saturated heterocycles. The summed E-state index contributed by atoms with van der Waals surface area (Å²) < 4.78 is 0. The van der Waals surface area contributed by atoms with E-state index in [2.05, 4.69) is 19.9 Å². The molecule has 2 aromatic carbocycles. The molecule has 0 atom stereocenters. The highest BCUT2D eigenvalue weighted by molar-refractivity contribution is 8.76. The smallest absolute Gasteiger partial charge is 0.125 e. The highest BCUT2D eigenvalue weighted by atomic mass is 33.1. The van der Waals surface area contributed by atoms with Crippen LogP contribution < -0.4 is 17.2 Å². The third kappa shape index (κ3) is 4.59. The Morgan fingerprint density at radius 1 is 1.06 bits per heavy atom. The molecule has 2 aromatic heterocycles. The summed E-state index contributed by atoms with van der Waals surface area (Å²) in [6.45, 7) is 0.630. The Labute approximate surface area is 193 Å². The fourth-order valence-electron chi connectivity index (χ4n) is 3.47. The number of imidazole rings is 2. The van der Waals surface area contributed by atoms with Crippen LogP contribution in [0.25, 0.3) is 22.1 Å². The molecule has 0 aliphatic rings. The minimum Gasteiger partial charge on any atom is -0.384 e. The molecular formula is C21H25N9S2. The Kier molecular flexibility index (Phi) is 6.68. The van der Waals surface area contributed by atoms with Gasteiger partial charge in [-0.3, -0.25) is 10.4 Å². The van der Waals surface area contributed by atoms with Crippen LogP contribution in [0.3, 0.4) is 0 Å². The Bertz CT molecular complexity index is 1310. The van der Waals surface area contributed by atoms with E-state index < -0.39 is 0 Å². The maximum Gasteiger partial charge on any atom is 0.125 e. The van der Waals surface area contributed by atoms with Crippen LogP contribution in [0.4, 0.5) is 0 Å². The second-order valence-electron chi connectivity index (χ2n) is 7.16. The second-order valence-corrected chi connectivity index (χ2v) is 9.74. The van der Waals surface area contributed by atoms with E-state index in [-0.39, 0.29) is 5.84 Å². The van der Waals surface area contributed by atoms with E-state index in [9.17, 15) is 0 Å². The van der Waals surface area contributed by atoms with Gasteiger partial charge in [0, 0.05) is 41.8 Å². The van der Waals surface area contributed by atoms with Crippen molar-refractivity contribution in [2.45, 2.75) is 12.2 Å². The lowest BCUT2D eigenvalue weighted by atomic mass is 10.1. The number of aromatic nitrogens is 4. The van der Waals surface area contributed by atoms with Gasteiger partial charge in [0.1, 0.15) is 23.3 Å². The molecule has 166 valence electrons. The number of benzene rings is 2. The van der Waals surface area contributed by atoms with E-state index in [1.807, 2.05) is 30.3 Å². The SMILES string of the molecule is CN=C(N)c1ccc2nc(Cc3nc4c(CSSCCN)c(C(=N)N)ccc4[nH]3)[nH]c2c1. The topological polar surface area (TPSA) is 172 Å². The Balaban J connectivity index is 1.64. The first-order chi connectivity index (χ1) is 15.5. The van der Waals surface area contributed by atoms with Crippen molar-refractivity contribution in [3.05, 3.63) is 58.7 Å². The van der Waals surface area contributed by atoms with Crippen LogP contribution >= 0.6 is 21.6 Å². The molecule has 0 fully saturated rings. The molecule has 4 aromatic rings. The van der Waals surface area contributed by atoms with Gasteiger partial charge in [0.05, 0.1) is 28.5 Å². The standard InChI is InChI=1S/C21H25N9S2/c1-26-21(25)11-2-4-14-16(8-11)29-17(27-14)9-18-28-15-5-3-12(20(23)24)13(19(15)30-18)10-32-31-7-6-22/h2-5,8H,6-7,9-10,22H2,1H3,(H3,23,24)(H2,25,26)(H,27,29)(H,28,30). The average Bonchev–Trinajstić information content (AvgIpc) is 3.38. The van der Waals surface area contributed by atoms with Crippen molar-refractivity contribution in [2.24, 2.45) is 22.2 Å². The van der Waals surface area contributed by atoms with Gasteiger partial charge in [-0.1, -0.05) is 21.6 Å². The quantitative estimate of drug-likeness (QED) is 0.0949. The fraction of sp³-hybridized carbons (Fsp3) is 0.238. The largest absolute Gasteiger partial charge is 0.384 e. The molecule has 0 unspecified atom stereocenters. The molecule has 0 spiro atoms. The van der Waals surface area contributed by atoms with Crippen molar-refractivity contribution in [1.82, 2.24) is 19.9 Å². The lowest BCUT2D eigenvalue weighted by molar-refractivity contribution is 0.959. The van der Waals surface area contributed by atoms with Gasteiger partial charge in [0.15, 0.2) is 0 Å². The summed E-state index contributed by atoms with van der Waals surface area (Å²) in [7, 11) is 5.06. The van der Waals surface area contributed by atoms with Crippen LogP contribution in [0.2, 0.25) is 0 Å². The van der Waals surface area contributed by atoms with Crippen molar-refractivity contribution in [3.63, 3.8) is 0 Å². The summed E-state index contributed by atoms with van der Waals surface area (Å²) in [5, 5.41) is 7.95. The van der Waals surface area contributed by atoms with Gasteiger partial charge in [-0.15, -0.1) is 0 Å². The minimum absolute atomic E-state index is 0.0406. The number of amidine groups is 2. The molecule has 11 heteroatoms. The van der Waals surface area contributed by atoms with Crippen LogP contribution in [0.5, 0.6) is 0 Å². The molecule has 0 amide bonds. The van der Waals surface area contributed by atoms with Crippen molar-refractivity contribution in [1.29, 1.82) is 5.41 Å². The summed E-state index contributed by atoms with van der Waals surface area (Å²) in [4.78, 5) is 20.3. The van der Waals surface area contributed by atoms with E-state index in [4.69, 9.17) is 27.6 Å². The van der Waals surface area contributed by atoms with Gasteiger partial charge in [-0.2, -0.15) is 0 Å². The normalized spacial score (nSPS) is 12.1. The van der Waals surface area contributed by atoms with Gasteiger partial charge >= 0.3 is 0 Å². The lowest BCUT2D eigenvalue weighted by Crippen LogP contribution is -2.13. The summed E-state index contributed by atoms with van der Waals surface area (Å²) in [6, 6.07) is 9.57. The highest BCUT2D eigenvalue weighted by Crippen LogP contribution is 2.31. The number of nitrogens with one attached hydrogen (secondary N) is 3. The molecule has 9 nitrogen and oxygen atoms in total. The van der Waals surface area contributed by atoms with Gasteiger partial charge in [0.2, 0.25) is 0 Å². The molecule has 2 heterocycles. The zero-order valence-corrected chi connectivity index (χ0v) is 19.2. The van der Waals surface area contributed by atoms with E-state index in [1.165, 1.54) is 0 Å². The summed E-state index contributed by atoms with van der Waals surface area (Å²) in [5.41, 5.74) is 23.4. The number of hydrogen-bond donors (Lipinski definition) is 6. The summed E-state index contributed by atoms with van der Waals surface area (Å²) >= 11 is 0. The van der Waals surface area contributed by atoms with Crippen LogP contribution in [-0.4, -0.2) is 51.0 Å². The maximum absolute atomic E-state index is 7.95. The van der Waals surface area contributed by atoms with Gasteiger partial charge in [0.25, 0.3) is 0 Å². The first-order valence-electron chi connectivity index (χ1n) is 10.0. The van der Waals surface area contributed by atoms with Crippen molar-refractivity contribution >= 4 is 55.3 Å². The van der Waals surface area contributed by atoms with E-state index in [0.717, 1.165) is 50.6 Å². The number of rotatable bonds is 9. The fourth-order valence-corrected chi connectivity index (χ4v) is 5.42. The van der Waals surface area contributed by atoms with Gasteiger partial charge < -0.3 is 27.2 Å². The molecule has 4 rings (SSSR count). The monoisotopic (exact) mass is 467 g/mol. The Morgan fingerprint density at radius 2 is 1.84 bits per heavy atom. The Morgan fingerprint density at radius 3 is 2.59 bits per heavy atom. The first kappa shape index (κ1) is 22.2. The summed E-state index contributed by atoms with van der Waals surface area (Å²) in [5.74, 6) is 3.66. The number of fused-ring (bicyclic) bond motifs is 2. The predicted molar refractivity (Wildman–Crippen MR) is 135 cm³/mol. The van der Waals surface area contributed by atoms with Crippen molar-refractivity contribution < 1.29 is 0 Å². The molecule has 0 aliphatic carbocycles. The van der Waals surface area contributed by atoms with Crippen LogP contribution in [0.15, 0.2) is 35.3 Å². The number of hydrogen-bond acceptors (Lipinski definition) is 7. The minimum atomic E-state index is 0.0406. The van der Waals surface area contributed by atoms with E-state index >= 15 is 0 Å².